The molecule has 0 bridgehead atoms. The van der Waals surface area contributed by atoms with Crippen LogP contribution in [0, 0.1) is 0 Å². The molecule has 0 unspecified atom stereocenters. The molecule has 9 saturated heterocycles. The van der Waals surface area contributed by atoms with Crippen molar-refractivity contribution in [3.8, 4) is 0 Å². The number of amides is 1. The number of ether oxygens (including phenoxy) is 17. The van der Waals surface area contributed by atoms with E-state index in [1.54, 1.807) is 0 Å². The lowest BCUT2D eigenvalue weighted by atomic mass is 9.88. The normalized spacial score (nSPS) is 49.2. The maximum Gasteiger partial charge on any atom is 0.367 e. The summed E-state index contributed by atoms with van der Waals surface area (Å²) >= 11 is 0. The second-order valence-corrected chi connectivity index (χ2v) is 29.9. The van der Waals surface area contributed by atoms with Gasteiger partial charge in [-0.3, -0.25) is 4.79 Å². The first-order valence-corrected chi connectivity index (χ1v) is 37.1. The zero-order chi connectivity index (χ0) is 88.5. The van der Waals surface area contributed by atoms with Gasteiger partial charge in [0.1, 0.15) is 238 Å². The number of aliphatic hydroxyl groups excluding tert-OH is 31. The molecule has 50 atom stereocenters. The SMILES string of the molecule is CC(=O)N[C@H]1[C@H](O[C@@H]2[C@@H](O)[C@H](C)O[C@@H](O[C@@H]3[C@H](O)[C@@H](O[C@@H]4[C@H](O)[C@@H](O[C@H]5[C@@H]([C@H](O)CO)O[C@@](O)(C(=O)O)C[C@H]5O[C@@]5(C(=O)O)O[C@H]([C@H](O)CO)[C@H](O)[C@H](O)[C@@H]5O)O[C@H]([C@@H](O)CO)[C@H]4O[C@@H]4O[C@H](CO[C@H]5O[C@H]([C@@H](O)CO)[C@@H](O)[C@H](O)[C@@H]5O)[C@@H](O)[C@H](O)[C@H]4O)O[C@H]([C@@H](O)CO[C@H]4O[C@H]([C@@H](O)CO)[C@@H](O)[C@H](O)[C@@H]4O)[C@H]3O)[C@@H]2O)O[C@H](CO)[C@H](O)[C@@H]1O. The number of aliphatic hydroxyl groups is 32. The molecule has 9 fully saturated rings. The molecule has 0 aliphatic carbocycles. The van der Waals surface area contributed by atoms with Gasteiger partial charge in [0.25, 0.3) is 11.6 Å². The van der Waals surface area contributed by atoms with Crippen LogP contribution >= 0.6 is 0 Å². The average Bonchev–Trinajstić information content (AvgIpc) is 0.734. The van der Waals surface area contributed by atoms with E-state index in [1.165, 1.54) is 0 Å². The highest BCUT2D eigenvalue weighted by atomic mass is 16.8. The Balaban J connectivity index is 1.16. The number of carbonyl (C=O) groups excluding carboxylic acids is 1. The number of aliphatic carboxylic acids is 2. The van der Waals surface area contributed by atoms with Gasteiger partial charge in [0, 0.05) is 13.3 Å². The molecule has 9 heterocycles. The molecule has 55 heteroatoms. The maximum atomic E-state index is 13.5. The third kappa shape index (κ3) is 20.7. The molecule has 0 radical (unpaired) electrons. The zero-order valence-electron chi connectivity index (χ0n) is 62.4. The van der Waals surface area contributed by atoms with Crippen LogP contribution in [-0.4, -0.2) is 550 Å². The van der Waals surface area contributed by atoms with Gasteiger partial charge < -0.3 is 259 Å². The molecule has 0 aromatic heterocycles. The van der Waals surface area contributed by atoms with Crippen LogP contribution in [0.2, 0.25) is 0 Å². The minimum Gasteiger partial charge on any atom is -0.477 e. The summed E-state index contributed by atoms with van der Waals surface area (Å²) in [6, 6.07) is -1.79. The number of rotatable bonds is 33. The van der Waals surface area contributed by atoms with E-state index in [4.69, 9.17) is 80.5 Å². The minimum atomic E-state index is -4.02. The fourth-order valence-corrected chi connectivity index (χ4v) is 14.9. The van der Waals surface area contributed by atoms with Gasteiger partial charge >= 0.3 is 11.9 Å². The number of carboxylic acids is 2. The Hall–Kier alpha value is -3.55. The lowest BCUT2D eigenvalue weighted by Crippen LogP contribution is -2.73. The van der Waals surface area contributed by atoms with Crippen molar-refractivity contribution in [3.05, 3.63) is 0 Å². The van der Waals surface area contributed by atoms with Crippen LogP contribution in [0.25, 0.3) is 0 Å². The van der Waals surface area contributed by atoms with Gasteiger partial charge in [-0.25, -0.2) is 9.59 Å². The summed E-state index contributed by atoms with van der Waals surface area (Å²) in [6.07, 6.45) is -116. The number of hydrogen-bond donors (Lipinski definition) is 35. The molecule has 9 aliphatic heterocycles. The highest BCUT2D eigenvalue weighted by molar-refractivity contribution is 5.77. The molecule has 9 rings (SSSR count). The molecular formula is C64H107NO54. The first kappa shape index (κ1) is 99.2. The van der Waals surface area contributed by atoms with Crippen molar-refractivity contribution in [2.24, 2.45) is 0 Å². The molecule has 9 aliphatic rings. The van der Waals surface area contributed by atoms with Crippen LogP contribution in [-0.2, 0) is 94.9 Å². The van der Waals surface area contributed by atoms with E-state index >= 15 is 0 Å². The first-order chi connectivity index (χ1) is 55.8. The summed E-state index contributed by atoms with van der Waals surface area (Å²) in [7, 11) is 0. The summed E-state index contributed by atoms with van der Waals surface area (Å²) in [4.78, 5) is 38.9. The lowest BCUT2D eigenvalue weighted by Gasteiger charge is -2.53. The number of nitrogens with one attached hydrogen (secondary N) is 1. The Morgan fingerprint density at radius 2 is 0.782 bits per heavy atom. The number of carboxylic acid groups (broad SMARTS) is 2. The molecule has 0 spiro atoms. The predicted octanol–water partition coefficient (Wildman–Crippen LogP) is -23.4. The topological polar surface area (TPSA) is 908 Å². The van der Waals surface area contributed by atoms with Gasteiger partial charge in [-0.1, -0.05) is 0 Å². The van der Waals surface area contributed by atoms with Crippen LogP contribution in [0.1, 0.15) is 20.3 Å². The van der Waals surface area contributed by atoms with Gasteiger partial charge in [0.05, 0.1) is 65.1 Å². The van der Waals surface area contributed by atoms with Crippen molar-refractivity contribution >= 4 is 17.8 Å². The van der Waals surface area contributed by atoms with Gasteiger partial charge in [0.15, 0.2) is 44.0 Å². The maximum absolute atomic E-state index is 13.5. The molecule has 119 heavy (non-hydrogen) atoms. The van der Waals surface area contributed by atoms with E-state index < -0.39 is 383 Å². The van der Waals surface area contributed by atoms with Crippen LogP contribution in [0.4, 0.5) is 0 Å². The molecule has 0 aromatic rings. The largest absolute Gasteiger partial charge is 0.477 e. The van der Waals surface area contributed by atoms with Crippen molar-refractivity contribution in [2.75, 3.05) is 52.9 Å². The number of carbonyl (C=O) groups is 3. The van der Waals surface area contributed by atoms with Crippen molar-refractivity contribution in [2.45, 2.75) is 326 Å². The molecule has 0 aromatic carbocycles. The van der Waals surface area contributed by atoms with E-state index in [9.17, 15) is 188 Å². The fourth-order valence-electron chi connectivity index (χ4n) is 14.9. The molecule has 0 saturated carbocycles. The summed E-state index contributed by atoms with van der Waals surface area (Å²) in [5.41, 5.74) is 0. The van der Waals surface area contributed by atoms with Crippen molar-refractivity contribution in [1.82, 2.24) is 5.32 Å². The van der Waals surface area contributed by atoms with Crippen LogP contribution in [0.3, 0.4) is 0 Å². The van der Waals surface area contributed by atoms with Gasteiger partial charge in [-0.05, 0) is 6.92 Å². The Morgan fingerprint density at radius 3 is 1.31 bits per heavy atom. The second kappa shape index (κ2) is 41.5. The summed E-state index contributed by atoms with van der Waals surface area (Å²) < 4.78 is 98.1. The molecule has 55 nitrogen and oxygen atoms in total. The highest BCUT2D eigenvalue weighted by Gasteiger charge is 2.67. The van der Waals surface area contributed by atoms with E-state index in [0.29, 0.717) is 0 Å². The highest BCUT2D eigenvalue weighted by Crippen LogP contribution is 2.45. The van der Waals surface area contributed by atoms with Crippen LogP contribution in [0.15, 0.2) is 0 Å². The van der Waals surface area contributed by atoms with Gasteiger partial charge in [0.2, 0.25) is 5.91 Å². The monoisotopic (exact) mass is 1750 g/mol. The van der Waals surface area contributed by atoms with E-state index in [-0.39, 0.29) is 0 Å². The summed E-state index contributed by atoms with van der Waals surface area (Å²) in [6.45, 7) is -8.47. The Bertz CT molecular complexity index is 3190. The molecule has 35 N–H and O–H groups in total. The predicted molar refractivity (Wildman–Crippen MR) is 355 cm³/mol. The molecular weight excluding hydrogens is 1650 g/mol. The average molecular weight is 1750 g/mol. The minimum absolute atomic E-state index is 0.892. The third-order valence-electron chi connectivity index (χ3n) is 21.7. The summed E-state index contributed by atoms with van der Waals surface area (Å²) in [5, 5.41) is 379. The lowest BCUT2D eigenvalue weighted by molar-refractivity contribution is -0.421. The van der Waals surface area contributed by atoms with Crippen LogP contribution in [0.5, 0.6) is 0 Å². The van der Waals surface area contributed by atoms with Crippen molar-refractivity contribution in [3.63, 3.8) is 0 Å². The second-order valence-electron chi connectivity index (χ2n) is 29.9. The standard InChI is InChI=1S/C64H107NO54/c1-12-24(79)49(113-54-23(65-13(2)72)27(82)25(80)21(9-71)106-54)39(94)58(105-12)114-50-38(93)44(19(78)10-103-55-35(90)29(84)31(86)42(108-55)14(73)4-66)110-59(40(50)95)115-51-41(96)60(112-48-20(3-63(102,61(98)99)118-47(48)18(77)8-70)117-64(62(100)101)53(97)34(89)33(88)45(119-64)16(75)6-68)111-46(17(76)7-69)52(51)116-57-37(92)28(83)26(81)22(107-57)11-104-56-36(91)30(85)32(87)43(109-56)15(74)5-67/h12,14-60,66-71,73-97,102H,3-11H2,1-2H3,(H,65,72)(H,98,99)(H,100,101)/t12-,14-,15-,16+,17-,18+,19-,20+,21+,22+,23+,24-,25-,26+,27+,28-,29-,30-,31-,32-,33+,34-,35-,36-,37+,38+,39+,40-,41-,42+,43+,44+,45+,46+,47+,48+,49+,50-,51+,52+,53-,54-,55-,56-,57-,58-,59+,60+,63+,64+/m0/s1. The zero-order valence-corrected chi connectivity index (χ0v) is 62.4. The molecule has 692 valence electrons. The van der Waals surface area contributed by atoms with Gasteiger partial charge in [-0.2, -0.15) is 0 Å². The van der Waals surface area contributed by atoms with Gasteiger partial charge in [-0.15, -0.1) is 0 Å². The smallest absolute Gasteiger partial charge is 0.367 e. The first-order valence-electron chi connectivity index (χ1n) is 37.1. The third-order valence-corrected chi connectivity index (χ3v) is 21.7. The Morgan fingerprint density at radius 1 is 0.378 bits per heavy atom. The van der Waals surface area contributed by atoms with Crippen molar-refractivity contribution in [1.29, 1.82) is 0 Å². The fraction of sp³-hybridized carbons (Fsp3) is 0.953. The summed E-state index contributed by atoms with van der Waals surface area (Å²) in [5.74, 6) is -13.7. The van der Waals surface area contributed by atoms with Crippen molar-refractivity contribution < 1.29 is 269 Å². The number of hydrogen-bond acceptors (Lipinski definition) is 52. The van der Waals surface area contributed by atoms with Crippen LogP contribution < -0.4 is 5.32 Å². The Kier molecular flexibility index (Phi) is 34.6. The van der Waals surface area contributed by atoms with E-state index in [0.717, 1.165) is 13.8 Å². The quantitative estimate of drug-likeness (QED) is 0.0290. The Labute approximate surface area is 669 Å². The molecule has 1 amide bonds. The van der Waals surface area contributed by atoms with E-state index in [2.05, 4.69) is 5.32 Å². The van der Waals surface area contributed by atoms with E-state index in [1.807, 2.05) is 0 Å².